The predicted octanol–water partition coefficient (Wildman–Crippen LogP) is 1.11. The van der Waals surface area contributed by atoms with Crippen LogP contribution >= 0.6 is 0 Å². The van der Waals surface area contributed by atoms with Crippen LogP contribution in [0, 0.1) is 0 Å². The summed E-state index contributed by atoms with van der Waals surface area (Å²) in [7, 11) is -3.30. The van der Waals surface area contributed by atoms with Gasteiger partial charge in [-0.15, -0.1) is 0 Å². The van der Waals surface area contributed by atoms with Crippen molar-refractivity contribution in [3.05, 3.63) is 18.5 Å². The number of hydrogen-bond donors (Lipinski definition) is 0. The first-order valence-electron chi connectivity index (χ1n) is 9.72. The molecule has 1 aromatic heterocycles. The minimum absolute atomic E-state index is 0.0214. The summed E-state index contributed by atoms with van der Waals surface area (Å²) < 4.78 is 26.0. The molecule has 9 heteroatoms. The first kappa shape index (κ1) is 20.0. The number of sulfonamides is 1. The predicted molar refractivity (Wildman–Crippen MR) is 104 cm³/mol. The Morgan fingerprint density at radius 1 is 1.11 bits per heavy atom. The zero-order chi connectivity index (χ0) is 19.3. The van der Waals surface area contributed by atoms with Crippen molar-refractivity contribution in [3.8, 4) is 0 Å². The second kappa shape index (κ2) is 8.97. The maximum Gasteiger partial charge on any atom is 0.225 e. The van der Waals surface area contributed by atoms with Crippen LogP contribution in [0.1, 0.15) is 38.5 Å². The van der Waals surface area contributed by atoms with Gasteiger partial charge in [-0.3, -0.25) is 4.79 Å². The summed E-state index contributed by atoms with van der Waals surface area (Å²) in [5, 5.41) is 0. The third-order valence-electron chi connectivity index (χ3n) is 5.42. The van der Waals surface area contributed by atoms with E-state index in [4.69, 9.17) is 0 Å². The summed E-state index contributed by atoms with van der Waals surface area (Å²) in [6.07, 6.45) is 10.0. The van der Waals surface area contributed by atoms with Gasteiger partial charge >= 0.3 is 0 Å². The molecule has 3 rings (SSSR count). The molecule has 150 valence electrons. The highest BCUT2D eigenvalue weighted by Gasteiger charge is 2.29. The number of anilines is 1. The van der Waals surface area contributed by atoms with Crippen LogP contribution in [0.3, 0.4) is 0 Å². The zero-order valence-corrected chi connectivity index (χ0v) is 16.8. The molecule has 1 saturated heterocycles. The van der Waals surface area contributed by atoms with E-state index in [1.54, 1.807) is 22.8 Å². The van der Waals surface area contributed by atoms with Crippen LogP contribution in [0.2, 0.25) is 0 Å². The average molecular weight is 396 g/mol. The number of nitrogens with zero attached hydrogens (tertiary/aromatic N) is 5. The second-order valence-corrected chi connectivity index (χ2v) is 9.27. The normalized spacial score (nSPS) is 19.5. The monoisotopic (exact) mass is 395 g/mol. The SMILES string of the molecule is CS(=O)(=O)N(CCC(=O)N1CCN(c2ncccn2)CC1)C1CCCCC1. The van der Waals surface area contributed by atoms with Gasteiger partial charge in [0.05, 0.1) is 6.26 Å². The van der Waals surface area contributed by atoms with Gasteiger partial charge < -0.3 is 9.80 Å². The molecule has 0 aromatic carbocycles. The smallest absolute Gasteiger partial charge is 0.225 e. The van der Waals surface area contributed by atoms with Crippen molar-refractivity contribution >= 4 is 21.9 Å². The fraction of sp³-hybridized carbons (Fsp3) is 0.722. The van der Waals surface area contributed by atoms with E-state index < -0.39 is 10.0 Å². The zero-order valence-electron chi connectivity index (χ0n) is 16.0. The molecule has 1 amide bonds. The summed E-state index contributed by atoms with van der Waals surface area (Å²) in [6.45, 7) is 2.88. The molecule has 2 heterocycles. The number of carbonyl (C=O) groups is 1. The Morgan fingerprint density at radius 3 is 2.33 bits per heavy atom. The fourth-order valence-corrected chi connectivity index (χ4v) is 5.14. The summed E-state index contributed by atoms with van der Waals surface area (Å²) in [5.74, 6) is 0.707. The lowest BCUT2D eigenvalue weighted by atomic mass is 9.95. The third-order valence-corrected chi connectivity index (χ3v) is 6.75. The Bertz CT molecular complexity index is 714. The second-order valence-electron chi connectivity index (χ2n) is 7.33. The van der Waals surface area contributed by atoms with Crippen molar-refractivity contribution in [2.45, 2.75) is 44.6 Å². The Labute approximate surface area is 161 Å². The van der Waals surface area contributed by atoms with E-state index in [0.717, 1.165) is 25.7 Å². The number of carbonyl (C=O) groups excluding carboxylic acids is 1. The van der Waals surface area contributed by atoms with Crippen LogP contribution in [0.25, 0.3) is 0 Å². The molecule has 0 spiro atoms. The summed E-state index contributed by atoms with van der Waals surface area (Å²) in [6, 6.07) is 1.83. The van der Waals surface area contributed by atoms with E-state index in [1.165, 1.54) is 12.7 Å². The molecule has 2 fully saturated rings. The van der Waals surface area contributed by atoms with Crippen LogP contribution < -0.4 is 4.90 Å². The molecule has 0 N–H and O–H groups in total. The summed E-state index contributed by atoms with van der Waals surface area (Å²) in [4.78, 5) is 25.0. The maximum absolute atomic E-state index is 12.6. The molecule has 2 aliphatic rings. The number of rotatable bonds is 6. The van der Waals surface area contributed by atoms with E-state index in [1.807, 2.05) is 4.90 Å². The highest BCUT2D eigenvalue weighted by atomic mass is 32.2. The highest BCUT2D eigenvalue weighted by molar-refractivity contribution is 7.88. The van der Waals surface area contributed by atoms with Crippen molar-refractivity contribution in [2.75, 3.05) is 43.9 Å². The fourth-order valence-electron chi connectivity index (χ4n) is 3.96. The van der Waals surface area contributed by atoms with Crippen molar-refractivity contribution in [1.29, 1.82) is 0 Å². The first-order valence-corrected chi connectivity index (χ1v) is 11.6. The lowest BCUT2D eigenvalue weighted by Gasteiger charge is -2.36. The summed E-state index contributed by atoms with van der Waals surface area (Å²) in [5.41, 5.74) is 0. The number of aromatic nitrogens is 2. The van der Waals surface area contributed by atoms with Crippen LogP contribution in [-0.2, 0) is 14.8 Å². The lowest BCUT2D eigenvalue weighted by Crippen LogP contribution is -2.50. The van der Waals surface area contributed by atoms with Crippen molar-refractivity contribution in [3.63, 3.8) is 0 Å². The highest BCUT2D eigenvalue weighted by Crippen LogP contribution is 2.24. The van der Waals surface area contributed by atoms with Crippen molar-refractivity contribution in [1.82, 2.24) is 19.2 Å². The van der Waals surface area contributed by atoms with E-state index >= 15 is 0 Å². The molecule has 0 bridgehead atoms. The maximum atomic E-state index is 12.6. The van der Waals surface area contributed by atoms with Gasteiger partial charge in [0.1, 0.15) is 0 Å². The van der Waals surface area contributed by atoms with Gasteiger partial charge in [0.25, 0.3) is 0 Å². The van der Waals surface area contributed by atoms with Crippen molar-refractivity contribution < 1.29 is 13.2 Å². The molecule has 0 unspecified atom stereocenters. The van der Waals surface area contributed by atoms with Gasteiger partial charge in [0.15, 0.2) is 0 Å². The minimum atomic E-state index is -3.30. The quantitative estimate of drug-likeness (QED) is 0.717. The molecule has 0 atom stereocenters. The molecular weight excluding hydrogens is 366 g/mol. The molecule has 1 aliphatic heterocycles. The molecule has 0 radical (unpaired) electrons. The average Bonchev–Trinajstić information content (AvgIpc) is 2.68. The Hall–Kier alpha value is -1.74. The van der Waals surface area contributed by atoms with E-state index in [2.05, 4.69) is 14.9 Å². The van der Waals surface area contributed by atoms with E-state index in [9.17, 15) is 13.2 Å². The standard InChI is InChI=1S/C18H29N5O3S/c1-27(25,26)23(16-6-3-2-4-7-16)11-8-17(24)21-12-14-22(15-13-21)18-19-9-5-10-20-18/h5,9-10,16H,2-4,6-8,11-15H2,1H3. The molecule has 1 aromatic rings. The van der Waals surface area contributed by atoms with E-state index in [-0.39, 0.29) is 24.9 Å². The minimum Gasteiger partial charge on any atom is -0.339 e. The number of piperazine rings is 1. The molecular formula is C18H29N5O3S. The van der Waals surface area contributed by atoms with Crippen LogP contribution in [0.4, 0.5) is 5.95 Å². The first-order chi connectivity index (χ1) is 12.9. The van der Waals surface area contributed by atoms with Crippen molar-refractivity contribution in [2.24, 2.45) is 0 Å². The van der Waals surface area contributed by atoms with Gasteiger partial charge in [-0.05, 0) is 18.9 Å². The van der Waals surface area contributed by atoms with E-state index in [0.29, 0.717) is 32.1 Å². The Morgan fingerprint density at radius 2 is 1.74 bits per heavy atom. The molecule has 27 heavy (non-hydrogen) atoms. The topological polar surface area (TPSA) is 86.7 Å². The van der Waals surface area contributed by atoms with Crippen LogP contribution in [0.5, 0.6) is 0 Å². The molecule has 8 nitrogen and oxygen atoms in total. The molecule has 1 aliphatic carbocycles. The summed E-state index contributed by atoms with van der Waals surface area (Å²) >= 11 is 0. The van der Waals surface area contributed by atoms with Gasteiger partial charge in [0.2, 0.25) is 21.9 Å². The van der Waals surface area contributed by atoms with Crippen LogP contribution in [0.15, 0.2) is 18.5 Å². The van der Waals surface area contributed by atoms with Gasteiger partial charge in [0, 0.05) is 57.6 Å². The number of amides is 1. The van der Waals surface area contributed by atoms with Gasteiger partial charge in [-0.25, -0.2) is 18.4 Å². The largest absolute Gasteiger partial charge is 0.339 e. The number of hydrogen-bond acceptors (Lipinski definition) is 6. The van der Waals surface area contributed by atoms with Gasteiger partial charge in [-0.1, -0.05) is 19.3 Å². The van der Waals surface area contributed by atoms with Crippen LogP contribution in [-0.4, -0.2) is 78.5 Å². The lowest BCUT2D eigenvalue weighted by molar-refractivity contribution is -0.131. The Kier molecular flexibility index (Phi) is 6.64. The molecule has 1 saturated carbocycles. The Balaban J connectivity index is 1.51. The third kappa shape index (κ3) is 5.38. The van der Waals surface area contributed by atoms with Gasteiger partial charge in [-0.2, -0.15) is 4.31 Å².